The monoisotopic (exact) mass is 276 g/mol. The van der Waals surface area contributed by atoms with Crippen LogP contribution in [0.5, 0.6) is 0 Å². The molecule has 0 spiro atoms. The second-order valence-electron chi connectivity index (χ2n) is 5.23. The van der Waals surface area contributed by atoms with Gasteiger partial charge >= 0.3 is 0 Å². The molecule has 1 fully saturated rings. The van der Waals surface area contributed by atoms with Crippen LogP contribution in [0.2, 0.25) is 0 Å². The van der Waals surface area contributed by atoms with Gasteiger partial charge in [-0.05, 0) is 39.2 Å². The molecule has 108 valence electrons. The number of sulfonamides is 1. The van der Waals surface area contributed by atoms with Gasteiger partial charge in [0.25, 0.3) is 0 Å². The highest BCUT2D eigenvalue weighted by atomic mass is 32.2. The number of nitrogens with zero attached hydrogens (tertiary/aromatic N) is 1. The molecule has 1 rings (SSSR count). The first-order valence-corrected chi connectivity index (χ1v) is 8.75. The van der Waals surface area contributed by atoms with Gasteiger partial charge in [0, 0.05) is 19.1 Å². The minimum Gasteiger partial charge on any atom is -0.315 e. The molecule has 0 bridgehead atoms. The number of piperidine rings is 1. The molecular weight excluding hydrogens is 248 g/mol. The molecule has 1 saturated heterocycles. The molecule has 0 saturated carbocycles. The van der Waals surface area contributed by atoms with Crippen LogP contribution < -0.4 is 5.32 Å². The van der Waals surface area contributed by atoms with Crippen LogP contribution in [0.15, 0.2) is 0 Å². The van der Waals surface area contributed by atoms with Gasteiger partial charge in [-0.1, -0.05) is 20.3 Å². The average Bonchev–Trinajstić information content (AvgIpc) is 2.38. The maximum atomic E-state index is 12.5. The van der Waals surface area contributed by atoms with Crippen LogP contribution in [0.25, 0.3) is 0 Å². The van der Waals surface area contributed by atoms with Crippen molar-refractivity contribution in [2.75, 3.05) is 19.6 Å². The summed E-state index contributed by atoms with van der Waals surface area (Å²) in [5.74, 6) is 0. The van der Waals surface area contributed by atoms with Crippen molar-refractivity contribution in [3.8, 4) is 0 Å². The van der Waals surface area contributed by atoms with E-state index in [1.807, 2.05) is 6.92 Å². The third kappa shape index (κ3) is 3.93. The van der Waals surface area contributed by atoms with Crippen molar-refractivity contribution in [3.05, 3.63) is 0 Å². The van der Waals surface area contributed by atoms with Gasteiger partial charge < -0.3 is 5.32 Å². The number of hydrogen-bond acceptors (Lipinski definition) is 3. The Kier molecular flexibility index (Phi) is 6.60. The SMILES string of the molecule is CCCNCC(C)S(=O)(=O)N1CCCCC1CC. The number of hydrogen-bond donors (Lipinski definition) is 1. The van der Waals surface area contributed by atoms with Crippen LogP contribution >= 0.6 is 0 Å². The lowest BCUT2D eigenvalue weighted by Crippen LogP contribution is -2.49. The molecule has 0 radical (unpaired) electrons. The zero-order valence-electron chi connectivity index (χ0n) is 12.0. The molecule has 1 heterocycles. The molecule has 5 heteroatoms. The minimum absolute atomic E-state index is 0.220. The van der Waals surface area contributed by atoms with E-state index in [1.165, 1.54) is 0 Å². The first-order valence-electron chi connectivity index (χ1n) is 7.25. The highest BCUT2D eigenvalue weighted by Crippen LogP contribution is 2.24. The van der Waals surface area contributed by atoms with Crippen molar-refractivity contribution in [2.24, 2.45) is 0 Å². The lowest BCUT2D eigenvalue weighted by atomic mass is 10.0. The van der Waals surface area contributed by atoms with Crippen LogP contribution in [0.1, 0.15) is 52.9 Å². The standard InChI is InChI=1S/C13H28N2O2S/c1-4-9-14-11-12(3)18(16,17)15-10-7-6-8-13(15)5-2/h12-14H,4-11H2,1-3H3. The van der Waals surface area contributed by atoms with E-state index in [1.54, 1.807) is 4.31 Å². The van der Waals surface area contributed by atoms with E-state index in [0.29, 0.717) is 13.1 Å². The first-order chi connectivity index (χ1) is 8.54. The van der Waals surface area contributed by atoms with Gasteiger partial charge in [0.1, 0.15) is 0 Å². The highest BCUT2D eigenvalue weighted by Gasteiger charge is 2.34. The molecule has 0 aromatic rings. The maximum absolute atomic E-state index is 12.5. The molecule has 0 aromatic carbocycles. The van der Waals surface area contributed by atoms with E-state index >= 15 is 0 Å². The van der Waals surface area contributed by atoms with E-state index in [0.717, 1.165) is 38.6 Å². The lowest BCUT2D eigenvalue weighted by molar-refractivity contribution is 0.244. The molecule has 18 heavy (non-hydrogen) atoms. The van der Waals surface area contributed by atoms with E-state index in [9.17, 15) is 8.42 Å². The van der Waals surface area contributed by atoms with Gasteiger partial charge in [0.15, 0.2) is 0 Å². The van der Waals surface area contributed by atoms with Gasteiger partial charge in [-0.3, -0.25) is 0 Å². The Hall–Kier alpha value is -0.130. The van der Waals surface area contributed by atoms with Crippen molar-refractivity contribution in [1.82, 2.24) is 9.62 Å². The molecule has 0 aromatic heterocycles. The smallest absolute Gasteiger partial charge is 0.218 e. The summed E-state index contributed by atoms with van der Waals surface area (Å²) >= 11 is 0. The highest BCUT2D eigenvalue weighted by molar-refractivity contribution is 7.89. The Labute approximate surface area is 112 Å². The Morgan fingerprint density at radius 3 is 2.67 bits per heavy atom. The summed E-state index contributed by atoms with van der Waals surface area (Å²) in [4.78, 5) is 0. The maximum Gasteiger partial charge on any atom is 0.218 e. The molecule has 1 N–H and O–H groups in total. The normalized spacial score (nSPS) is 24.1. The van der Waals surface area contributed by atoms with Crippen LogP contribution in [-0.4, -0.2) is 43.6 Å². The van der Waals surface area contributed by atoms with Crippen molar-refractivity contribution in [1.29, 1.82) is 0 Å². The van der Waals surface area contributed by atoms with Crippen LogP contribution in [0, 0.1) is 0 Å². The average molecular weight is 276 g/mol. The van der Waals surface area contributed by atoms with Crippen LogP contribution in [0.4, 0.5) is 0 Å². The zero-order chi connectivity index (χ0) is 13.6. The first kappa shape index (κ1) is 15.9. The third-order valence-corrected chi connectivity index (χ3v) is 6.06. The van der Waals surface area contributed by atoms with Crippen molar-refractivity contribution in [3.63, 3.8) is 0 Å². The van der Waals surface area contributed by atoms with Crippen LogP contribution in [0.3, 0.4) is 0 Å². The fourth-order valence-corrected chi connectivity index (χ4v) is 4.38. The summed E-state index contributed by atoms with van der Waals surface area (Å²) in [6, 6.07) is 0.220. The second kappa shape index (κ2) is 7.46. The molecule has 1 aliphatic heterocycles. The summed E-state index contributed by atoms with van der Waals surface area (Å²) in [5, 5.41) is 2.88. The van der Waals surface area contributed by atoms with Gasteiger partial charge in [-0.2, -0.15) is 4.31 Å². The summed E-state index contributed by atoms with van der Waals surface area (Å²) in [7, 11) is -3.13. The second-order valence-corrected chi connectivity index (χ2v) is 7.53. The van der Waals surface area contributed by atoms with Gasteiger partial charge in [0.2, 0.25) is 10.0 Å². The Morgan fingerprint density at radius 1 is 1.33 bits per heavy atom. The predicted molar refractivity (Wildman–Crippen MR) is 76.2 cm³/mol. The Bertz CT molecular complexity index is 330. The quantitative estimate of drug-likeness (QED) is 0.723. The predicted octanol–water partition coefficient (Wildman–Crippen LogP) is 1.97. The third-order valence-electron chi connectivity index (χ3n) is 3.74. The van der Waals surface area contributed by atoms with E-state index in [2.05, 4.69) is 19.2 Å². The Balaban J connectivity index is 2.65. The number of nitrogens with one attached hydrogen (secondary N) is 1. The summed E-state index contributed by atoms with van der Waals surface area (Å²) in [5.41, 5.74) is 0. The largest absolute Gasteiger partial charge is 0.315 e. The lowest BCUT2D eigenvalue weighted by Gasteiger charge is -2.36. The minimum atomic E-state index is -3.13. The molecule has 1 aliphatic rings. The van der Waals surface area contributed by atoms with Gasteiger partial charge in [-0.15, -0.1) is 0 Å². The van der Waals surface area contributed by atoms with Crippen molar-refractivity contribution in [2.45, 2.75) is 64.2 Å². The molecule has 4 nitrogen and oxygen atoms in total. The van der Waals surface area contributed by atoms with E-state index in [-0.39, 0.29) is 11.3 Å². The fraction of sp³-hybridized carbons (Fsp3) is 1.00. The summed E-state index contributed by atoms with van der Waals surface area (Å²) < 4.78 is 26.8. The van der Waals surface area contributed by atoms with Crippen molar-refractivity contribution >= 4 is 10.0 Å². The van der Waals surface area contributed by atoms with Gasteiger partial charge in [0.05, 0.1) is 5.25 Å². The molecular formula is C13H28N2O2S. The number of rotatable bonds is 7. The van der Waals surface area contributed by atoms with Crippen molar-refractivity contribution < 1.29 is 8.42 Å². The Morgan fingerprint density at radius 2 is 2.06 bits per heavy atom. The van der Waals surface area contributed by atoms with E-state index in [4.69, 9.17) is 0 Å². The molecule has 2 unspecified atom stereocenters. The summed E-state index contributed by atoms with van der Waals surface area (Å²) in [6.45, 7) is 8.14. The zero-order valence-corrected chi connectivity index (χ0v) is 12.8. The van der Waals surface area contributed by atoms with E-state index < -0.39 is 10.0 Å². The molecule has 2 atom stereocenters. The van der Waals surface area contributed by atoms with Crippen LogP contribution in [-0.2, 0) is 10.0 Å². The molecule has 0 amide bonds. The van der Waals surface area contributed by atoms with Gasteiger partial charge in [-0.25, -0.2) is 8.42 Å². The fourth-order valence-electron chi connectivity index (χ4n) is 2.54. The topological polar surface area (TPSA) is 49.4 Å². The summed E-state index contributed by atoms with van der Waals surface area (Å²) in [6.07, 6.45) is 5.14. The molecule has 0 aliphatic carbocycles.